The smallest absolute Gasteiger partial charge is 0.227 e. The van der Waals surface area contributed by atoms with Crippen LogP contribution in [0.5, 0.6) is 0 Å². The molecular weight excluding hydrogens is 188 g/mol. The van der Waals surface area contributed by atoms with Gasteiger partial charge in [0.1, 0.15) is 11.3 Å². The standard InChI is InChI=1S/C8H10N2O2S/c9-7(12)6(2-1-4-11)8-10-3-5-13-8/h3-6H,1-2H2,(H2,9,12). The normalized spacial score (nSPS) is 12.3. The lowest BCUT2D eigenvalue weighted by Gasteiger charge is -2.06. The van der Waals surface area contributed by atoms with Gasteiger partial charge in [-0.25, -0.2) is 4.98 Å². The molecule has 1 amide bonds. The maximum Gasteiger partial charge on any atom is 0.227 e. The number of amides is 1. The second-order valence-corrected chi connectivity index (χ2v) is 3.50. The topological polar surface area (TPSA) is 73.1 Å². The quantitative estimate of drug-likeness (QED) is 0.707. The summed E-state index contributed by atoms with van der Waals surface area (Å²) in [6, 6.07) is 0. The number of primary amides is 1. The molecule has 0 aliphatic heterocycles. The molecule has 0 aliphatic rings. The van der Waals surface area contributed by atoms with Crippen LogP contribution in [-0.2, 0) is 9.59 Å². The Hall–Kier alpha value is -1.23. The van der Waals surface area contributed by atoms with E-state index >= 15 is 0 Å². The van der Waals surface area contributed by atoms with E-state index in [9.17, 15) is 9.59 Å². The van der Waals surface area contributed by atoms with Gasteiger partial charge in [0.25, 0.3) is 0 Å². The molecule has 1 unspecified atom stereocenters. The van der Waals surface area contributed by atoms with Crippen LogP contribution >= 0.6 is 11.3 Å². The van der Waals surface area contributed by atoms with E-state index in [1.807, 2.05) is 0 Å². The predicted octanol–water partition coefficient (Wildman–Crippen LogP) is 0.691. The van der Waals surface area contributed by atoms with Crippen molar-refractivity contribution in [2.45, 2.75) is 18.8 Å². The largest absolute Gasteiger partial charge is 0.369 e. The molecule has 0 aromatic carbocycles. The van der Waals surface area contributed by atoms with Gasteiger partial charge in [0, 0.05) is 18.0 Å². The summed E-state index contributed by atoms with van der Waals surface area (Å²) in [5.74, 6) is -0.831. The van der Waals surface area contributed by atoms with Gasteiger partial charge in [-0.3, -0.25) is 4.79 Å². The molecule has 2 N–H and O–H groups in total. The Kier molecular flexibility index (Phi) is 3.57. The van der Waals surface area contributed by atoms with Gasteiger partial charge in [-0.2, -0.15) is 0 Å². The maximum absolute atomic E-state index is 11.0. The molecule has 0 saturated heterocycles. The molecule has 1 heterocycles. The molecule has 1 aromatic heterocycles. The number of carbonyl (C=O) groups is 2. The van der Waals surface area contributed by atoms with Crippen molar-refractivity contribution in [3.05, 3.63) is 16.6 Å². The number of aldehydes is 1. The minimum Gasteiger partial charge on any atom is -0.369 e. The van der Waals surface area contributed by atoms with Crippen molar-refractivity contribution in [1.82, 2.24) is 4.98 Å². The minimum atomic E-state index is -0.420. The molecule has 0 spiro atoms. The monoisotopic (exact) mass is 198 g/mol. The second kappa shape index (κ2) is 4.71. The van der Waals surface area contributed by atoms with Crippen molar-refractivity contribution >= 4 is 23.5 Å². The third-order valence-electron chi connectivity index (χ3n) is 1.67. The van der Waals surface area contributed by atoms with Crippen molar-refractivity contribution in [1.29, 1.82) is 0 Å². The molecule has 0 bridgehead atoms. The van der Waals surface area contributed by atoms with E-state index in [0.717, 1.165) is 6.29 Å². The number of rotatable bonds is 5. The summed E-state index contributed by atoms with van der Waals surface area (Å²) >= 11 is 1.38. The van der Waals surface area contributed by atoms with E-state index < -0.39 is 11.8 Å². The van der Waals surface area contributed by atoms with Crippen LogP contribution in [0.15, 0.2) is 11.6 Å². The van der Waals surface area contributed by atoms with Gasteiger partial charge >= 0.3 is 0 Å². The van der Waals surface area contributed by atoms with Crippen LogP contribution in [0, 0.1) is 0 Å². The summed E-state index contributed by atoms with van der Waals surface area (Å²) in [5.41, 5.74) is 5.18. The average Bonchev–Trinajstić information content (AvgIpc) is 2.57. The predicted molar refractivity (Wildman–Crippen MR) is 49.3 cm³/mol. The summed E-state index contributed by atoms with van der Waals surface area (Å²) in [5, 5.41) is 2.47. The number of thiazole rings is 1. The third-order valence-corrected chi connectivity index (χ3v) is 2.56. The van der Waals surface area contributed by atoms with Crippen molar-refractivity contribution in [2.75, 3.05) is 0 Å². The van der Waals surface area contributed by atoms with E-state index in [4.69, 9.17) is 5.73 Å². The molecule has 1 rings (SSSR count). The minimum absolute atomic E-state index is 0.340. The van der Waals surface area contributed by atoms with Crippen LogP contribution in [0.4, 0.5) is 0 Å². The van der Waals surface area contributed by atoms with Crippen molar-refractivity contribution in [3.63, 3.8) is 0 Å². The van der Waals surface area contributed by atoms with Crippen LogP contribution in [0.2, 0.25) is 0 Å². The fourth-order valence-electron chi connectivity index (χ4n) is 1.03. The number of hydrogen-bond donors (Lipinski definition) is 1. The fraction of sp³-hybridized carbons (Fsp3) is 0.375. The summed E-state index contributed by atoms with van der Waals surface area (Å²) in [4.78, 5) is 25.1. The number of carbonyl (C=O) groups excluding carboxylic acids is 2. The zero-order chi connectivity index (χ0) is 9.68. The van der Waals surface area contributed by atoms with E-state index in [1.165, 1.54) is 11.3 Å². The summed E-state index contributed by atoms with van der Waals surface area (Å²) in [7, 11) is 0. The fourth-order valence-corrected chi connectivity index (χ4v) is 1.81. The van der Waals surface area contributed by atoms with Gasteiger partial charge in [-0.15, -0.1) is 11.3 Å². The molecule has 70 valence electrons. The van der Waals surface area contributed by atoms with E-state index in [0.29, 0.717) is 17.8 Å². The lowest BCUT2D eigenvalue weighted by Crippen LogP contribution is -2.21. The lowest BCUT2D eigenvalue weighted by atomic mass is 10.0. The number of hydrogen-bond acceptors (Lipinski definition) is 4. The van der Waals surface area contributed by atoms with Crippen LogP contribution < -0.4 is 5.73 Å². The summed E-state index contributed by atoms with van der Waals surface area (Å²) in [6.07, 6.45) is 3.19. The van der Waals surface area contributed by atoms with Crippen LogP contribution in [0.1, 0.15) is 23.8 Å². The highest BCUT2D eigenvalue weighted by molar-refractivity contribution is 7.09. The van der Waals surface area contributed by atoms with Crippen LogP contribution in [0.3, 0.4) is 0 Å². The lowest BCUT2D eigenvalue weighted by molar-refractivity contribution is -0.119. The third kappa shape index (κ3) is 2.62. The Morgan fingerprint density at radius 2 is 2.54 bits per heavy atom. The molecule has 1 atom stereocenters. The van der Waals surface area contributed by atoms with Gasteiger partial charge in [0.2, 0.25) is 5.91 Å². The Balaban J connectivity index is 2.68. The van der Waals surface area contributed by atoms with Crippen molar-refractivity contribution in [2.24, 2.45) is 5.73 Å². The van der Waals surface area contributed by atoms with Crippen molar-refractivity contribution < 1.29 is 9.59 Å². The molecule has 0 fully saturated rings. The molecule has 4 nitrogen and oxygen atoms in total. The Morgan fingerprint density at radius 3 is 3.00 bits per heavy atom. The number of nitrogens with zero attached hydrogens (tertiary/aromatic N) is 1. The zero-order valence-electron chi connectivity index (χ0n) is 6.97. The molecule has 0 saturated carbocycles. The van der Waals surface area contributed by atoms with Gasteiger partial charge in [0.05, 0.1) is 5.92 Å². The number of aromatic nitrogens is 1. The Labute approximate surface area is 79.8 Å². The first kappa shape index (κ1) is 9.85. The highest BCUT2D eigenvalue weighted by Gasteiger charge is 2.19. The Bertz CT molecular complexity index is 284. The SMILES string of the molecule is NC(=O)C(CCC=O)c1nccs1. The first-order valence-corrected chi connectivity index (χ1v) is 4.76. The van der Waals surface area contributed by atoms with Gasteiger partial charge in [-0.1, -0.05) is 0 Å². The van der Waals surface area contributed by atoms with Crippen LogP contribution in [0.25, 0.3) is 0 Å². The summed E-state index contributed by atoms with van der Waals surface area (Å²) in [6.45, 7) is 0. The zero-order valence-corrected chi connectivity index (χ0v) is 7.79. The van der Waals surface area contributed by atoms with Gasteiger partial charge in [-0.05, 0) is 6.42 Å². The molecule has 0 radical (unpaired) electrons. The molecular formula is C8H10N2O2S. The van der Waals surface area contributed by atoms with Crippen LogP contribution in [-0.4, -0.2) is 17.2 Å². The highest BCUT2D eigenvalue weighted by Crippen LogP contribution is 2.22. The summed E-state index contributed by atoms with van der Waals surface area (Å²) < 4.78 is 0. The second-order valence-electron chi connectivity index (χ2n) is 2.57. The maximum atomic E-state index is 11.0. The van der Waals surface area contributed by atoms with Crippen molar-refractivity contribution in [3.8, 4) is 0 Å². The first-order valence-electron chi connectivity index (χ1n) is 3.88. The molecule has 5 heteroatoms. The van der Waals surface area contributed by atoms with Gasteiger partial charge in [0.15, 0.2) is 0 Å². The van der Waals surface area contributed by atoms with E-state index in [-0.39, 0.29) is 0 Å². The number of nitrogens with two attached hydrogens (primary N) is 1. The van der Waals surface area contributed by atoms with E-state index in [2.05, 4.69) is 4.98 Å². The molecule has 0 aliphatic carbocycles. The molecule has 13 heavy (non-hydrogen) atoms. The molecule has 1 aromatic rings. The van der Waals surface area contributed by atoms with Gasteiger partial charge < -0.3 is 10.5 Å². The highest BCUT2D eigenvalue weighted by atomic mass is 32.1. The van der Waals surface area contributed by atoms with E-state index in [1.54, 1.807) is 11.6 Å². The Morgan fingerprint density at radius 1 is 1.77 bits per heavy atom. The average molecular weight is 198 g/mol. The first-order chi connectivity index (χ1) is 6.25.